The normalized spacial score (nSPS) is 22.6. The third-order valence-corrected chi connectivity index (χ3v) is 9.29. The number of nitrogens with zero attached hydrogens (tertiary/aromatic N) is 4. The molecule has 0 radical (unpaired) electrons. The number of fused-ring (bicyclic) bond motifs is 4. The summed E-state index contributed by atoms with van der Waals surface area (Å²) < 4.78 is 10.3. The molecule has 8 nitrogen and oxygen atoms in total. The van der Waals surface area contributed by atoms with Crippen LogP contribution in [0.1, 0.15) is 55.5 Å². The first kappa shape index (κ1) is 25.6. The predicted molar refractivity (Wildman–Crippen MR) is 156 cm³/mol. The summed E-state index contributed by atoms with van der Waals surface area (Å²) in [5.74, 6) is 2.58. The fourth-order valence-corrected chi connectivity index (χ4v) is 7.12. The molecule has 2 aliphatic carbocycles. The highest BCUT2D eigenvalue weighted by Crippen LogP contribution is 2.40. The number of carbonyl (C=O) groups is 1. The van der Waals surface area contributed by atoms with Crippen molar-refractivity contribution in [1.29, 1.82) is 0 Å². The van der Waals surface area contributed by atoms with Gasteiger partial charge in [0.15, 0.2) is 5.82 Å². The van der Waals surface area contributed by atoms with Gasteiger partial charge in [-0.15, -0.1) is 0 Å². The number of imidazole rings is 1. The molecule has 0 spiro atoms. The van der Waals surface area contributed by atoms with Crippen LogP contribution in [0.5, 0.6) is 5.75 Å². The molecular weight excluding hydrogens is 502 g/mol. The van der Waals surface area contributed by atoms with Crippen molar-refractivity contribution in [3.8, 4) is 17.3 Å². The molecule has 7 rings (SSSR count). The van der Waals surface area contributed by atoms with Gasteiger partial charge in [-0.3, -0.25) is 4.79 Å². The second kappa shape index (κ2) is 9.08. The maximum absolute atomic E-state index is 13.6. The number of amides is 1. The standard InChI is InChI=1S/C32H39N5O3/c1-32(2,39)15-19-7-8-20-13-26(36(25(20)11-19)16-18-5-6-18)30-34-23-12-22(14-27(40-4)29(23)35(30)3)31(38)37-17-21-9-10-24(37)28(21)33/h7-8,11-14,18,21,24,28,39H,5-6,9-10,15-17,33H2,1-4H3/t21?,24?,28-/m1/s1. The Kier molecular flexibility index (Phi) is 5.81. The summed E-state index contributed by atoms with van der Waals surface area (Å²) in [6.45, 7) is 5.36. The molecule has 3 fully saturated rings. The Morgan fingerprint density at radius 1 is 1.15 bits per heavy atom. The number of rotatable bonds is 7. The molecule has 2 aromatic heterocycles. The molecule has 1 amide bonds. The molecule has 3 N–H and O–H groups in total. The summed E-state index contributed by atoms with van der Waals surface area (Å²) in [6.07, 6.45) is 5.17. The van der Waals surface area contributed by atoms with Crippen LogP contribution in [0.3, 0.4) is 0 Å². The molecule has 2 aromatic carbocycles. The minimum Gasteiger partial charge on any atom is -0.494 e. The average Bonchev–Trinajstić information content (AvgIpc) is 3.32. The zero-order valence-electron chi connectivity index (χ0n) is 23.9. The molecule has 3 atom stereocenters. The van der Waals surface area contributed by atoms with Crippen LogP contribution < -0.4 is 10.5 Å². The van der Waals surface area contributed by atoms with E-state index in [-0.39, 0.29) is 18.0 Å². The van der Waals surface area contributed by atoms with Crippen molar-refractivity contribution in [1.82, 2.24) is 19.0 Å². The van der Waals surface area contributed by atoms with E-state index in [1.54, 1.807) is 7.11 Å². The number of aryl methyl sites for hydroxylation is 1. The summed E-state index contributed by atoms with van der Waals surface area (Å²) in [5, 5.41) is 11.6. The maximum Gasteiger partial charge on any atom is 0.254 e. The molecule has 4 aromatic rings. The fourth-order valence-electron chi connectivity index (χ4n) is 7.12. The third-order valence-electron chi connectivity index (χ3n) is 9.29. The summed E-state index contributed by atoms with van der Waals surface area (Å²) >= 11 is 0. The summed E-state index contributed by atoms with van der Waals surface area (Å²) in [6, 6.07) is 12.7. The van der Waals surface area contributed by atoms with Gasteiger partial charge < -0.3 is 29.6 Å². The second-order valence-corrected chi connectivity index (χ2v) is 12.9. The summed E-state index contributed by atoms with van der Waals surface area (Å²) in [7, 11) is 3.67. The number of carbonyl (C=O) groups excluding carboxylic acids is 1. The molecule has 1 saturated heterocycles. The van der Waals surface area contributed by atoms with Gasteiger partial charge in [0.25, 0.3) is 5.91 Å². The fraction of sp³-hybridized carbons (Fsp3) is 0.500. The van der Waals surface area contributed by atoms with Gasteiger partial charge in [0, 0.05) is 55.1 Å². The van der Waals surface area contributed by atoms with Crippen LogP contribution >= 0.6 is 0 Å². The van der Waals surface area contributed by atoms with E-state index in [0.717, 1.165) is 59.4 Å². The Labute approximate surface area is 234 Å². The molecular formula is C32H39N5O3. The number of benzene rings is 2. The predicted octanol–water partition coefficient (Wildman–Crippen LogP) is 4.49. The SMILES string of the molecule is COc1cc(C(=O)N2CC3CCC2[C@@H]3N)cc2nc(-c3cc4ccc(CC(C)(C)O)cc4n3CC3CC3)n(C)c12. The van der Waals surface area contributed by atoms with E-state index in [9.17, 15) is 9.90 Å². The van der Waals surface area contributed by atoms with Crippen LogP contribution in [0.25, 0.3) is 33.5 Å². The Morgan fingerprint density at radius 3 is 2.60 bits per heavy atom. The van der Waals surface area contributed by atoms with E-state index in [0.29, 0.717) is 29.6 Å². The topological polar surface area (TPSA) is 98.5 Å². The Morgan fingerprint density at radius 2 is 1.95 bits per heavy atom. The van der Waals surface area contributed by atoms with Crippen molar-refractivity contribution in [3.63, 3.8) is 0 Å². The minimum atomic E-state index is -0.771. The lowest BCUT2D eigenvalue weighted by Crippen LogP contribution is -2.41. The van der Waals surface area contributed by atoms with Crippen molar-refractivity contribution >= 4 is 27.8 Å². The molecule has 40 heavy (non-hydrogen) atoms. The molecule has 2 unspecified atom stereocenters. The van der Waals surface area contributed by atoms with Crippen LogP contribution in [0.4, 0.5) is 0 Å². The van der Waals surface area contributed by atoms with Crippen molar-refractivity contribution in [2.75, 3.05) is 13.7 Å². The largest absolute Gasteiger partial charge is 0.494 e. The lowest BCUT2D eigenvalue weighted by atomic mass is 9.98. The lowest BCUT2D eigenvalue weighted by molar-refractivity contribution is 0.0700. The van der Waals surface area contributed by atoms with E-state index in [4.69, 9.17) is 15.5 Å². The Bertz CT molecular complexity index is 1640. The molecule has 2 saturated carbocycles. The van der Waals surface area contributed by atoms with Gasteiger partial charge in [-0.2, -0.15) is 0 Å². The van der Waals surface area contributed by atoms with Gasteiger partial charge in [0.1, 0.15) is 11.3 Å². The van der Waals surface area contributed by atoms with E-state index >= 15 is 0 Å². The highest BCUT2D eigenvalue weighted by molar-refractivity contribution is 6.00. The van der Waals surface area contributed by atoms with Crippen LogP contribution in [0, 0.1) is 11.8 Å². The first-order chi connectivity index (χ1) is 19.1. The molecule has 3 aliphatic rings. The number of aromatic nitrogens is 3. The van der Waals surface area contributed by atoms with E-state index in [2.05, 4.69) is 33.4 Å². The van der Waals surface area contributed by atoms with Crippen molar-refractivity contribution in [2.45, 2.75) is 70.2 Å². The van der Waals surface area contributed by atoms with Gasteiger partial charge in [-0.05, 0) is 81.2 Å². The zero-order chi connectivity index (χ0) is 27.9. The monoisotopic (exact) mass is 541 g/mol. The van der Waals surface area contributed by atoms with E-state index in [1.165, 1.54) is 18.4 Å². The van der Waals surface area contributed by atoms with Crippen molar-refractivity contribution in [2.24, 2.45) is 24.6 Å². The van der Waals surface area contributed by atoms with Crippen LogP contribution in [-0.2, 0) is 20.0 Å². The van der Waals surface area contributed by atoms with E-state index in [1.807, 2.05) is 37.9 Å². The number of likely N-dealkylation sites (tertiary alicyclic amines) is 1. The first-order valence-corrected chi connectivity index (χ1v) is 14.6. The quantitative estimate of drug-likeness (QED) is 0.359. The average molecular weight is 542 g/mol. The highest BCUT2D eigenvalue weighted by Gasteiger charge is 2.47. The third kappa shape index (κ3) is 4.20. The smallest absolute Gasteiger partial charge is 0.254 e. The van der Waals surface area contributed by atoms with Gasteiger partial charge in [0.05, 0.1) is 23.9 Å². The number of aliphatic hydroxyl groups is 1. The molecule has 8 heteroatoms. The molecule has 2 bridgehead atoms. The van der Waals surface area contributed by atoms with E-state index < -0.39 is 5.60 Å². The van der Waals surface area contributed by atoms with Gasteiger partial charge in [-0.25, -0.2) is 4.98 Å². The van der Waals surface area contributed by atoms with Gasteiger partial charge >= 0.3 is 0 Å². The number of hydrogen-bond acceptors (Lipinski definition) is 5. The van der Waals surface area contributed by atoms with Crippen LogP contribution in [0.15, 0.2) is 36.4 Å². The number of piperidine rings is 1. The minimum absolute atomic E-state index is 0.0113. The maximum atomic E-state index is 13.6. The summed E-state index contributed by atoms with van der Waals surface area (Å²) in [4.78, 5) is 20.7. The number of methoxy groups -OCH3 is 1. The Hall–Kier alpha value is -3.36. The number of hydrogen-bond donors (Lipinski definition) is 2. The van der Waals surface area contributed by atoms with Crippen LogP contribution in [0.2, 0.25) is 0 Å². The van der Waals surface area contributed by atoms with Gasteiger partial charge in [0.2, 0.25) is 0 Å². The molecule has 1 aliphatic heterocycles. The number of ether oxygens (including phenoxy) is 1. The number of nitrogens with two attached hydrogens (primary N) is 1. The molecule has 210 valence electrons. The first-order valence-electron chi connectivity index (χ1n) is 14.6. The lowest BCUT2D eigenvalue weighted by Gasteiger charge is -2.27. The highest BCUT2D eigenvalue weighted by atomic mass is 16.5. The molecule has 3 heterocycles. The van der Waals surface area contributed by atoms with Crippen molar-refractivity contribution < 1.29 is 14.6 Å². The second-order valence-electron chi connectivity index (χ2n) is 12.9. The summed E-state index contributed by atoms with van der Waals surface area (Å²) in [5.41, 5.74) is 11.2. The van der Waals surface area contributed by atoms with Gasteiger partial charge in [-0.1, -0.05) is 12.1 Å². The van der Waals surface area contributed by atoms with Crippen molar-refractivity contribution in [3.05, 3.63) is 47.5 Å². The van der Waals surface area contributed by atoms with Crippen LogP contribution in [-0.4, -0.2) is 61.4 Å². The zero-order valence-corrected chi connectivity index (χ0v) is 23.9. The Balaban J connectivity index is 1.33.